The van der Waals surface area contributed by atoms with Gasteiger partial charge in [-0.15, -0.1) is 9.89 Å². The second-order valence-electron chi connectivity index (χ2n) is 2.15. The maximum absolute atomic E-state index is 8.17. The summed E-state index contributed by atoms with van der Waals surface area (Å²) in [5.41, 5.74) is 1.42. The molecule has 6 heteroatoms. The van der Waals surface area contributed by atoms with Crippen LogP contribution in [0.15, 0.2) is 34.8 Å². The fourth-order valence-corrected chi connectivity index (χ4v) is 0.961. The maximum atomic E-state index is 8.17. The Hall–Kier alpha value is -1.98. The molecule has 1 N–H and O–H groups in total. The van der Waals surface area contributed by atoms with Crippen LogP contribution >= 0.6 is 0 Å². The highest BCUT2D eigenvalue weighted by Crippen LogP contribution is 2.08. The van der Waals surface area contributed by atoms with Gasteiger partial charge in [-0.05, 0) is 22.6 Å². The van der Waals surface area contributed by atoms with Crippen LogP contribution in [-0.4, -0.2) is 20.3 Å². The monoisotopic (exact) mass is 163 g/mol. The van der Waals surface area contributed by atoms with Crippen LogP contribution in [0.3, 0.4) is 0 Å². The Morgan fingerprint density at radius 2 is 2.17 bits per heavy atom. The molecule has 0 fully saturated rings. The Kier molecular flexibility index (Phi) is 1.44. The Labute approximate surface area is 67.1 Å². The predicted molar refractivity (Wildman–Crippen MR) is 39.6 cm³/mol. The molecular formula is C6H5N5O. The van der Waals surface area contributed by atoms with E-state index in [9.17, 15) is 0 Å². The lowest BCUT2D eigenvalue weighted by Crippen LogP contribution is -1.88. The van der Waals surface area contributed by atoms with Crippen molar-refractivity contribution in [3.8, 4) is 0 Å². The minimum atomic E-state index is 0.704. The minimum absolute atomic E-state index is 0.704. The van der Waals surface area contributed by atoms with E-state index >= 15 is 0 Å². The first-order chi connectivity index (χ1) is 5.92. The fraction of sp³-hybridized carbons (Fsp3) is 0. The standard InChI is InChI=1S/C6H5N5O/c12-10-9-11-6-4-2-1-3-5(6)7-8-11/h1-4H,(H,9,12). The molecule has 1 heterocycles. The third kappa shape index (κ3) is 0.895. The van der Waals surface area contributed by atoms with Gasteiger partial charge < -0.3 is 5.21 Å². The zero-order valence-electron chi connectivity index (χ0n) is 5.99. The van der Waals surface area contributed by atoms with E-state index in [0.29, 0.717) is 11.0 Å². The highest BCUT2D eigenvalue weighted by Gasteiger charge is 2.00. The van der Waals surface area contributed by atoms with Gasteiger partial charge in [-0.2, -0.15) is 0 Å². The first-order valence-electron chi connectivity index (χ1n) is 3.27. The van der Waals surface area contributed by atoms with Gasteiger partial charge in [0.25, 0.3) is 0 Å². The normalized spacial score (nSPS) is 11.3. The lowest BCUT2D eigenvalue weighted by Gasteiger charge is -1.87. The predicted octanol–water partition coefficient (Wildman–Crippen LogP) is 1.04. The average molecular weight is 163 g/mol. The van der Waals surface area contributed by atoms with Crippen LogP contribution in [0.4, 0.5) is 0 Å². The molecule has 0 unspecified atom stereocenters. The molecule has 0 saturated carbocycles. The van der Waals surface area contributed by atoms with E-state index in [1.807, 2.05) is 12.1 Å². The topological polar surface area (TPSA) is 75.7 Å². The van der Waals surface area contributed by atoms with Crippen LogP contribution < -0.4 is 0 Å². The molecule has 2 rings (SSSR count). The molecule has 0 saturated heterocycles. The van der Waals surface area contributed by atoms with Gasteiger partial charge in [0.2, 0.25) is 0 Å². The molecule has 2 aromatic rings. The van der Waals surface area contributed by atoms with Crippen molar-refractivity contribution in [1.29, 1.82) is 0 Å². The molecule has 0 amide bonds. The lowest BCUT2D eigenvalue weighted by molar-refractivity contribution is 0.270. The molecule has 0 spiro atoms. The summed E-state index contributed by atoms with van der Waals surface area (Å²) in [6, 6.07) is 7.25. The van der Waals surface area contributed by atoms with Crippen molar-refractivity contribution in [3.05, 3.63) is 24.3 Å². The highest BCUT2D eigenvalue weighted by atomic mass is 16.5. The molecule has 6 nitrogen and oxygen atoms in total. The van der Waals surface area contributed by atoms with Crippen molar-refractivity contribution in [3.63, 3.8) is 0 Å². The summed E-state index contributed by atoms with van der Waals surface area (Å²) in [4.78, 5) is 1.15. The van der Waals surface area contributed by atoms with Gasteiger partial charge in [-0.25, -0.2) is 0 Å². The van der Waals surface area contributed by atoms with Crippen molar-refractivity contribution in [2.75, 3.05) is 0 Å². The smallest absolute Gasteiger partial charge is 0.117 e. The van der Waals surface area contributed by atoms with Crippen molar-refractivity contribution in [2.24, 2.45) is 10.5 Å². The number of para-hydroxylation sites is 1. The van der Waals surface area contributed by atoms with E-state index in [0.717, 1.165) is 4.79 Å². The van der Waals surface area contributed by atoms with E-state index in [1.165, 1.54) is 0 Å². The van der Waals surface area contributed by atoms with Crippen LogP contribution in [0.5, 0.6) is 0 Å². The molecule has 0 aliphatic rings. The molecule has 0 bridgehead atoms. The molecule has 12 heavy (non-hydrogen) atoms. The Morgan fingerprint density at radius 1 is 1.33 bits per heavy atom. The van der Waals surface area contributed by atoms with E-state index in [1.54, 1.807) is 12.1 Å². The number of aromatic nitrogens is 3. The van der Waals surface area contributed by atoms with E-state index in [4.69, 9.17) is 5.21 Å². The van der Waals surface area contributed by atoms with Gasteiger partial charge in [0.05, 0.1) is 0 Å². The summed E-state index contributed by atoms with van der Waals surface area (Å²) in [6.45, 7) is 0. The van der Waals surface area contributed by atoms with Crippen molar-refractivity contribution < 1.29 is 5.21 Å². The van der Waals surface area contributed by atoms with Gasteiger partial charge in [0.1, 0.15) is 11.0 Å². The van der Waals surface area contributed by atoms with E-state index < -0.39 is 0 Å². The zero-order valence-corrected chi connectivity index (χ0v) is 5.99. The van der Waals surface area contributed by atoms with Crippen molar-refractivity contribution in [1.82, 2.24) is 15.1 Å². The molecule has 0 radical (unpaired) electrons. The molecule has 1 aromatic carbocycles. The molecular weight excluding hydrogens is 158 g/mol. The SMILES string of the molecule is ON=Nn1nnc2ccccc21. The molecule has 0 aliphatic carbocycles. The first kappa shape index (κ1) is 6.71. The third-order valence-corrected chi connectivity index (χ3v) is 1.46. The number of benzene rings is 1. The first-order valence-corrected chi connectivity index (χ1v) is 3.27. The van der Waals surface area contributed by atoms with E-state index in [-0.39, 0.29) is 0 Å². The zero-order chi connectivity index (χ0) is 8.39. The number of hydrogen-bond acceptors (Lipinski definition) is 4. The summed E-state index contributed by atoms with van der Waals surface area (Å²) < 4.78 is 0. The highest BCUT2D eigenvalue weighted by molar-refractivity contribution is 5.73. The van der Waals surface area contributed by atoms with Gasteiger partial charge >= 0.3 is 0 Å². The summed E-state index contributed by atoms with van der Waals surface area (Å²) in [7, 11) is 0. The average Bonchev–Trinajstić information content (AvgIpc) is 2.50. The maximum Gasteiger partial charge on any atom is 0.117 e. The van der Waals surface area contributed by atoms with Gasteiger partial charge in [-0.3, -0.25) is 0 Å². The Balaban J connectivity index is 2.70. The van der Waals surface area contributed by atoms with E-state index in [2.05, 4.69) is 20.8 Å². The van der Waals surface area contributed by atoms with Crippen LogP contribution in [0.1, 0.15) is 0 Å². The Morgan fingerprint density at radius 3 is 3.00 bits per heavy atom. The van der Waals surface area contributed by atoms with Gasteiger partial charge in [0, 0.05) is 5.28 Å². The molecule has 60 valence electrons. The number of nitrogens with zero attached hydrogens (tertiary/aromatic N) is 5. The summed E-state index contributed by atoms with van der Waals surface area (Å²) in [5, 5.41) is 21.5. The number of fused-ring (bicyclic) bond motifs is 1. The van der Waals surface area contributed by atoms with Crippen LogP contribution in [-0.2, 0) is 0 Å². The largest absolute Gasteiger partial charge is 0.393 e. The summed E-state index contributed by atoms with van der Waals surface area (Å²) >= 11 is 0. The lowest BCUT2D eigenvalue weighted by atomic mass is 10.3. The van der Waals surface area contributed by atoms with Gasteiger partial charge in [0.15, 0.2) is 0 Å². The molecule has 1 aromatic heterocycles. The summed E-state index contributed by atoms with van der Waals surface area (Å²) in [6.07, 6.45) is 0. The Bertz CT molecular complexity index is 421. The van der Waals surface area contributed by atoms with Crippen molar-refractivity contribution >= 4 is 11.0 Å². The summed E-state index contributed by atoms with van der Waals surface area (Å²) in [5.74, 6) is 0. The third-order valence-electron chi connectivity index (χ3n) is 1.46. The second kappa shape index (κ2) is 2.57. The van der Waals surface area contributed by atoms with Crippen LogP contribution in [0.25, 0.3) is 11.0 Å². The minimum Gasteiger partial charge on any atom is -0.393 e. The van der Waals surface area contributed by atoms with Gasteiger partial charge in [-0.1, -0.05) is 12.1 Å². The number of hydrogen-bond donors (Lipinski definition) is 1. The van der Waals surface area contributed by atoms with Crippen LogP contribution in [0.2, 0.25) is 0 Å². The fourth-order valence-electron chi connectivity index (χ4n) is 0.961. The molecule has 0 aliphatic heterocycles. The van der Waals surface area contributed by atoms with Crippen LogP contribution in [0, 0.1) is 0 Å². The quantitative estimate of drug-likeness (QED) is 0.504. The number of rotatable bonds is 1. The molecule has 0 atom stereocenters. The second-order valence-corrected chi connectivity index (χ2v) is 2.15. The van der Waals surface area contributed by atoms with Crippen molar-refractivity contribution in [2.45, 2.75) is 0 Å².